The van der Waals surface area contributed by atoms with Crippen molar-refractivity contribution in [2.24, 2.45) is 0 Å². The Bertz CT molecular complexity index is 1170. The molecule has 0 saturated carbocycles. The summed E-state index contributed by atoms with van der Waals surface area (Å²) >= 11 is 7.07. The molecular weight excluding hydrogens is 460 g/mol. The smallest absolute Gasteiger partial charge is 0.336 e. The summed E-state index contributed by atoms with van der Waals surface area (Å²) in [6, 6.07) is 17.3. The molecule has 0 aliphatic rings. The van der Waals surface area contributed by atoms with E-state index in [-0.39, 0.29) is 12.2 Å². The van der Waals surface area contributed by atoms with Crippen molar-refractivity contribution < 1.29 is 9.15 Å². The van der Waals surface area contributed by atoms with Crippen molar-refractivity contribution in [2.45, 2.75) is 13.5 Å². The quantitative estimate of drug-likeness (QED) is 0.256. The molecular formula is C21H14Br2O3. The minimum Gasteiger partial charge on any atom is -0.487 e. The molecule has 1 heterocycles. The monoisotopic (exact) mass is 472 g/mol. The molecule has 0 atom stereocenters. The molecule has 4 aromatic rings. The van der Waals surface area contributed by atoms with Crippen LogP contribution in [0.15, 0.2) is 72.8 Å². The van der Waals surface area contributed by atoms with Crippen LogP contribution in [0.4, 0.5) is 0 Å². The molecule has 0 fully saturated rings. The fourth-order valence-electron chi connectivity index (χ4n) is 3.05. The van der Waals surface area contributed by atoms with Crippen molar-refractivity contribution >= 4 is 53.6 Å². The maximum atomic E-state index is 12.1. The lowest BCUT2D eigenvalue weighted by atomic mass is 10.0. The number of fused-ring (bicyclic) bond motifs is 3. The van der Waals surface area contributed by atoms with Gasteiger partial charge in [0, 0.05) is 22.4 Å². The first-order valence-corrected chi connectivity index (χ1v) is 9.64. The van der Waals surface area contributed by atoms with Gasteiger partial charge in [0.25, 0.3) is 0 Å². The topological polar surface area (TPSA) is 39.4 Å². The lowest BCUT2D eigenvalue weighted by molar-refractivity contribution is 0.302. The molecule has 4 rings (SSSR count). The van der Waals surface area contributed by atoms with Gasteiger partial charge in [0.15, 0.2) is 0 Å². The molecule has 0 bridgehead atoms. The second kappa shape index (κ2) is 6.89. The fraction of sp³-hybridized carbons (Fsp3) is 0.0952. The van der Waals surface area contributed by atoms with E-state index in [4.69, 9.17) is 9.15 Å². The summed E-state index contributed by atoms with van der Waals surface area (Å²) in [4.78, 5) is 12.1. The van der Waals surface area contributed by atoms with Crippen LogP contribution in [-0.2, 0) is 6.61 Å². The third kappa shape index (κ3) is 3.17. The lowest BCUT2D eigenvalue weighted by Crippen LogP contribution is -2.05. The molecule has 5 heteroatoms. The lowest BCUT2D eigenvalue weighted by Gasteiger charge is -2.13. The van der Waals surface area contributed by atoms with Crippen LogP contribution in [0.3, 0.4) is 0 Å². The molecule has 1 aromatic heterocycles. The largest absolute Gasteiger partial charge is 0.487 e. The maximum absolute atomic E-state index is 12.1. The number of aryl methyl sites for hydroxylation is 1. The average Bonchev–Trinajstić information content (AvgIpc) is 2.60. The molecule has 0 aliphatic carbocycles. The summed E-state index contributed by atoms with van der Waals surface area (Å²) in [7, 11) is 0. The first kappa shape index (κ1) is 17.3. The summed E-state index contributed by atoms with van der Waals surface area (Å²) < 4.78 is 13.2. The molecule has 0 radical (unpaired) electrons. The van der Waals surface area contributed by atoms with E-state index >= 15 is 0 Å². The Balaban J connectivity index is 1.80. The van der Waals surface area contributed by atoms with E-state index in [0.717, 1.165) is 36.2 Å². The van der Waals surface area contributed by atoms with E-state index in [1.165, 1.54) is 6.07 Å². The molecule has 0 amide bonds. The van der Waals surface area contributed by atoms with Gasteiger partial charge in [-0.25, -0.2) is 4.79 Å². The van der Waals surface area contributed by atoms with Gasteiger partial charge in [-0.1, -0.05) is 36.4 Å². The number of benzene rings is 3. The molecule has 0 unspecified atom stereocenters. The van der Waals surface area contributed by atoms with Gasteiger partial charge in [-0.2, -0.15) is 0 Å². The second-order valence-electron chi connectivity index (χ2n) is 6.10. The predicted octanol–water partition coefficient (Wildman–Crippen LogP) is 6.36. The summed E-state index contributed by atoms with van der Waals surface area (Å²) in [5.41, 5.74) is 2.13. The van der Waals surface area contributed by atoms with Crippen LogP contribution in [-0.4, -0.2) is 0 Å². The zero-order valence-electron chi connectivity index (χ0n) is 13.9. The molecule has 0 spiro atoms. The van der Waals surface area contributed by atoms with Crippen molar-refractivity contribution in [3.05, 3.63) is 85.1 Å². The molecule has 3 nitrogen and oxygen atoms in total. The van der Waals surface area contributed by atoms with E-state index in [1.807, 2.05) is 55.5 Å². The van der Waals surface area contributed by atoms with Crippen LogP contribution in [0.5, 0.6) is 5.75 Å². The highest BCUT2D eigenvalue weighted by Gasteiger charge is 2.12. The molecule has 3 aromatic carbocycles. The highest BCUT2D eigenvalue weighted by Crippen LogP contribution is 2.35. The zero-order chi connectivity index (χ0) is 18.3. The number of ether oxygens (including phenoxy) is 1. The zero-order valence-corrected chi connectivity index (χ0v) is 17.1. The first-order valence-electron chi connectivity index (χ1n) is 8.06. The van der Waals surface area contributed by atoms with Crippen LogP contribution < -0.4 is 10.4 Å². The third-order valence-electron chi connectivity index (χ3n) is 4.23. The van der Waals surface area contributed by atoms with Gasteiger partial charge >= 0.3 is 5.63 Å². The predicted molar refractivity (Wildman–Crippen MR) is 111 cm³/mol. The van der Waals surface area contributed by atoms with Gasteiger partial charge in [0.1, 0.15) is 17.9 Å². The number of hydrogen-bond acceptors (Lipinski definition) is 3. The summed E-state index contributed by atoms with van der Waals surface area (Å²) in [6.07, 6.45) is 0. The second-order valence-corrected chi connectivity index (χ2v) is 7.81. The Kier molecular flexibility index (Phi) is 4.59. The minimum atomic E-state index is -0.380. The van der Waals surface area contributed by atoms with Crippen LogP contribution in [0.2, 0.25) is 0 Å². The van der Waals surface area contributed by atoms with E-state index in [0.29, 0.717) is 11.3 Å². The Morgan fingerprint density at radius 3 is 2.46 bits per heavy atom. The van der Waals surface area contributed by atoms with Gasteiger partial charge in [-0.3, -0.25) is 0 Å². The van der Waals surface area contributed by atoms with Crippen LogP contribution in [0.25, 0.3) is 21.7 Å². The third-order valence-corrected chi connectivity index (χ3v) is 5.41. The van der Waals surface area contributed by atoms with Crippen molar-refractivity contribution in [1.82, 2.24) is 0 Å². The molecule has 0 N–H and O–H groups in total. The van der Waals surface area contributed by atoms with Gasteiger partial charge in [-0.15, -0.1) is 0 Å². The Hall–Kier alpha value is -2.11. The van der Waals surface area contributed by atoms with Gasteiger partial charge < -0.3 is 9.15 Å². The van der Waals surface area contributed by atoms with E-state index in [9.17, 15) is 4.79 Å². The number of rotatable bonds is 3. The van der Waals surface area contributed by atoms with Crippen molar-refractivity contribution in [3.63, 3.8) is 0 Å². The highest BCUT2D eigenvalue weighted by molar-refractivity contribution is 9.11. The van der Waals surface area contributed by atoms with Gasteiger partial charge in [0.05, 0.1) is 8.95 Å². The molecule has 0 saturated heterocycles. The fourth-order valence-corrected chi connectivity index (χ4v) is 4.69. The Morgan fingerprint density at radius 1 is 0.962 bits per heavy atom. The Morgan fingerprint density at radius 2 is 1.69 bits per heavy atom. The van der Waals surface area contributed by atoms with E-state index < -0.39 is 0 Å². The van der Waals surface area contributed by atoms with Crippen LogP contribution >= 0.6 is 31.9 Å². The van der Waals surface area contributed by atoms with Gasteiger partial charge in [-0.05, 0) is 61.9 Å². The van der Waals surface area contributed by atoms with Gasteiger partial charge in [0.2, 0.25) is 0 Å². The standard InChI is InChI=1S/C21H14Br2O3/c1-12-8-17(22)21(18(23)9-12)25-11-14-10-19(24)26-20-15-5-3-2-4-13(15)6-7-16(14)20/h2-10H,11H2,1H3. The number of halogens is 2. The Labute approximate surface area is 166 Å². The minimum absolute atomic E-state index is 0.265. The van der Waals surface area contributed by atoms with Crippen molar-refractivity contribution in [1.29, 1.82) is 0 Å². The normalized spacial score (nSPS) is 11.2. The molecule has 26 heavy (non-hydrogen) atoms. The van der Waals surface area contributed by atoms with E-state index in [2.05, 4.69) is 31.9 Å². The molecule has 0 aliphatic heterocycles. The first-order chi connectivity index (χ1) is 12.5. The van der Waals surface area contributed by atoms with Crippen molar-refractivity contribution in [2.75, 3.05) is 0 Å². The van der Waals surface area contributed by atoms with Crippen LogP contribution in [0.1, 0.15) is 11.1 Å². The number of hydrogen-bond donors (Lipinski definition) is 0. The van der Waals surface area contributed by atoms with Crippen LogP contribution in [0, 0.1) is 6.92 Å². The maximum Gasteiger partial charge on any atom is 0.336 e. The highest BCUT2D eigenvalue weighted by atomic mass is 79.9. The SMILES string of the molecule is Cc1cc(Br)c(OCc2cc(=O)oc3c2ccc2ccccc23)c(Br)c1. The summed E-state index contributed by atoms with van der Waals surface area (Å²) in [5, 5.41) is 2.83. The summed E-state index contributed by atoms with van der Waals surface area (Å²) in [5.74, 6) is 0.706. The van der Waals surface area contributed by atoms with Crippen molar-refractivity contribution in [3.8, 4) is 5.75 Å². The average molecular weight is 474 g/mol. The molecule has 130 valence electrons. The van der Waals surface area contributed by atoms with E-state index in [1.54, 1.807) is 0 Å². The summed E-state index contributed by atoms with van der Waals surface area (Å²) in [6.45, 7) is 2.28.